The average Bonchev–Trinajstić information content (AvgIpc) is 2.83. The van der Waals surface area contributed by atoms with Gasteiger partial charge < -0.3 is 0 Å². The van der Waals surface area contributed by atoms with E-state index in [9.17, 15) is 19.2 Å². The fourth-order valence-corrected chi connectivity index (χ4v) is 5.33. The van der Waals surface area contributed by atoms with E-state index in [1.807, 2.05) is 0 Å². The van der Waals surface area contributed by atoms with Gasteiger partial charge in [-0.2, -0.15) is 0 Å². The Morgan fingerprint density at radius 1 is 0.528 bits per heavy atom. The first kappa shape index (κ1) is 22.9. The maximum atomic E-state index is 13.5. The summed E-state index contributed by atoms with van der Waals surface area (Å²) in [6.45, 7) is 0. The van der Waals surface area contributed by atoms with Crippen LogP contribution in [0.2, 0.25) is 20.1 Å². The summed E-state index contributed by atoms with van der Waals surface area (Å²) in [6, 6.07) is 8.39. The summed E-state index contributed by atoms with van der Waals surface area (Å²) >= 11 is 24.3. The van der Waals surface area contributed by atoms with Crippen molar-refractivity contribution in [1.29, 1.82) is 0 Å². The van der Waals surface area contributed by atoms with E-state index in [2.05, 4.69) is 9.97 Å². The third kappa shape index (κ3) is 3.09. The third-order valence-corrected chi connectivity index (χ3v) is 6.86. The smallest absolute Gasteiger partial charge is 0.267 e. The van der Waals surface area contributed by atoms with Crippen molar-refractivity contribution in [2.45, 2.75) is 0 Å². The number of aromatic nitrogens is 2. The largest absolute Gasteiger partial charge is 0.268 e. The molecule has 0 unspecified atom stereocenters. The van der Waals surface area contributed by atoms with Crippen molar-refractivity contribution < 1.29 is 19.2 Å². The van der Waals surface area contributed by atoms with Crippen molar-refractivity contribution in [3.63, 3.8) is 0 Å². The van der Waals surface area contributed by atoms with Crippen LogP contribution in [0.3, 0.4) is 0 Å². The Hall–Kier alpha value is -3.56. The van der Waals surface area contributed by atoms with Crippen LogP contribution >= 0.6 is 46.4 Å². The molecule has 0 fully saturated rings. The second kappa shape index (κ2) is 7.97. The van der Waals surface area contributed by atoms with Gasteiger partial charge in [-0.05, 0) is 36.4 Å². The lowest BCUT2D eigenvalue weighted by molar-refractivity contribution is 0.0871. The summed E-state index contributed by atoms with van der Waals surface area (Å²) in [5, 5.41) is 0.863. The van der Waals surface area contributed by atoms with E-state index in [1.54, 1.807) is 0 Å². The average molecular weight is 558 g/mol. The molecule has 0 saturated heterocycles. The summed E-state index contributed by atoms with van der Waals surface area (Å²) in [7, 11) is 0. The van der Waals surface area contributed by atoms with Crippen LogP contribution in [-0.2, 0) is 0 Å². The number of hydrogen-bond acceptors (Lipinski definition) is 6. The highest BCUT2D eigenvalue weighted by molar-refractivity contribution is 6.45. The monoisotopic (exact) mass is 556 g/mol. The van der Waals surface area contributed by atoms with E-state index < -0.39 is 23.6 Å². The number of rotatable bonds is 2. The van der Waals surface area contributed by atoms with Crippen LogP contribution in [0.15, 0.2) is 48.8 Å². The van der Waals surface area contributed by atoms with Crippen LogP contribution in [0.25, 0.3) is 10.8 Å². The predicted octanol–water partition coefficient (Wildman–Crippen LogP) is 5.84. The quantitative estimate of drug-likeness (QED) is 0.287. The van der Waals surface area contributed by atoms with Crippen LogP contribution in [-0.4, -0.2) is 33.6 Å². The van der Waals surface area contributed by atoms with E-state index in [0.717, 1.165) is 9.80 Å². The molecule has 0 bridgehead atoms. The molecule has 4 amide bonds. The molecule has 4 heterocycles. The molecular formula is C24H8Cl4N4O4. The minimum absolute atomic E-state index is 0.00610. The van der Waals surface area contributed by atoms with Crippen LogP contribution in [0.5, 0.6) is 0 Å². The predicted molar refractivity (Wildman–Crippen MR) is 135 cm³/mol. The normalized spacial score (nSPS) is 14.8. The molecule has 2 aromatic carbocycles. The lowest BCUT2D eigenvalue weighted by Gasteiger charge is -2.31. The van der Waals surface area contributed by atoms with Crippen molar-refractivity contribution in [2.75, 3.05) is 9.80 Å². The van der Waals surface area contributed by atoms with Crippen molar-refractivity contribution in [3.05, 3.63) is 91.1 Å². The molecule has 36 heavy (non-hydrogen) atoms. The number of anilines is 2. The van der Waals surface area contributed by atoms with Crippen molar-refractivity contribution in [3.8, 4) is 0 Å². The van der Waals surface area contributed by atoms with Gasteiger partial charge in [-0.15, -0.1) is 0 Å². The molecule has 2 aromatic heterocycles. The molecule has 0 N–H and O–H groups in total. The van der Waals surface area contributed by atoms with E-state index in [0.29, 0.717) is 0 Å². The summed E-state index contributed by atoms with van der Waals surface area (Å²) in [5.74, 6) is -3.01. The second-order valence-electron chi connectivity index (χ2n) is 7.88. The molecule has 176 valence electrons. The molecule has 12 heteroatoms. The summed E-state index contributed by atoms with van der Waals surface area (Å²) in [4.78, 5) is 63.6. The lowest BCUT2D eigenvalue weighted by atomic mass is 9.86. The van der Waals surface area contributed by atoms with Crippen LogP contribution in [0, 0.1) is 0 Å². The fraction of sp³-hybridized carbons (Fsp3) is 0. The van der Waals surface area contributed by atoms with Gasteiger partial charge in [0.25, 0.3) is 23.6 Å². The van der Waals surface area contributed by atoms with Gasteiger partial charge in [0.1, 0.15) is 0 Å². The third-order valence-electron chi connectivity index (χ3n) is 5.90. The Morgan fingerprint density at radius 2 is 0.833 bits per heavy atom. The zero-order chi connectivity index (χ0) is 25.5. The lowest BCUT2D eigenvalue weighted by Crippen LogP contribution is -2.44. The van der Waals surface area contributed by atoms with E-state index in [-0.39, 0.29) is 64.8 Å². The molecule has 0 atom stereocenters. The van der Waals surface area contributed by atoms with Gasteiger partial charge in [-0.3, -0.25) is 19.2 Å². The van der Waals surface area contributed by atoms with E-state index in [1.165, 1.54) is 48.8 Å². The highest BCUT2D eigenvalue weighted by atomic mass is 35.5. The van der Waals surface area contributed by atoms with Gasteiger partial charge in [-0.1, -0.05) is 46.4 Å². The zero-order valence-electron chi connectivity index (χ0n) is 17.6. The fourth-order valence-electron chi connectivity index (χ4n) is 4.40. The van der Waals surface area contributed by atoms with Crippen LogP contribution in [0.1, 0.15) is 41.4 Å². The molecule has 6 rings (SSSR count). The molecule has 2 aliphatic heterocycles. The highest BCUT2D eigenvalue weighted by Gasteiger charge is 2.42. The van der Waals surface area contributed by atoms with Crippen molar-refractivity contribution >= 4 is 92.4 Å². The Morgan fingerprint density at radius 3 is 1.11 bits per heavy atom. The first-order valence-electron chi connectivity index (χ1n) is 10.2. The van der Waals surface area contributed by atoms with Gasteiger partial charge in [0, 0.05) is 45.4 Å². The summed E-state index contributed by atoms with van der Waals surface area (Å²) in [6.07, 6.45) is 2.53. The van der Waals surface area contributed by atoms with Crippen molar-refractivity contribution in [1.82, 2.24) is 9.97 Å². The summed E-state index contributed by atoms with van der Waals surface area (Å²) < 4.78 is 0. The Labute approximate surface area is 221 Å². The molecular weight excluding hydrogens is 550 g/mol. The van der Waals surface area contributed by atoms with E-state index >= 15 is 0 Å². The van der Waals surface area contributed by atoms with Gasteiger partial charge in [-0.25, -0.2) is 19.8 Å². The van der Waals surface area contributed by atoms with Crippen LogP contribution < -0.4 is 9.80 Å². The van der Waals surface area contributed by atoms with Gasteiger partial charge in [0.15, 0.2) is 11.6 Å². The van der Waals surface area contributed by atoms with Crippen molar-refractivity contribution in [2.24, 2.45) is 0 Å². The van der Waals surface area contributed by atoms with Crippen LogP contribution in [0.4, 0.5) is 11.6 Å². The maximum absolute atomic E-state index is 13.5. The highest BCUT2D eigenvalue weighted by Crippen LogP contribution is 2.41. The number of nitrogens with zero attached hydrogens (tertiary/aromatic N) is 4. The minimum Gasteiger partial charge on any atom is -0.268 e. The number of carbonyl (C=O) groups is 4. The van der Waals surface area contributed by atoms with Gasteiger partial charge in [0.05, 0.1) is 20.1 Å². The number of hydrogen-bond donors (Lipinski definition) is 0. The standard InChI is InChI=1S/C24H8Cl4N4O4/c25-9-5-15(27)19(29-7-9)31-21(33)11-1-2-12-18-14(4-3-13(17(11)18)23(31)35)24(36)32(22(12)34)20-16(28)6-10(26)8-30-20/h1-8H. The Balaban J connectivity index is 1.56. The number of imide groups is 2. The molecule has 0 aliphatic carbocycles. The number of pyridine rings is 2. The maximum Gasteiger partial charge on any atom is 0.267 e. The van der Waals surface area contributed by atoms with Gasteiger partial charge in [0.2, 0.25) is 0 Å². The Bertz CT molecular complexity index is 1540. The minimum atomic E-state index is -0.710. The molecule has 2 aliphatic rings. The number of benzene rings is 2. The first-order valence-corrected chi connectivity index (χ1v) is 11.7. The molecule has 0 radical (unpaired) electrons. The van der Waals surface area contributed by atoms with E-state index in [4.69, 9.17) is 46.4 Å². The number of halogens is 4. The molecule has 4 aromatic rings. The second-order valence-corrected chi connectivity index (χ2v) is 9.57. The zero-order valence-corrected chi connectivity index (χ0v) is 20.6. The first-order chi connectivity index (χ1) is 17.2. The topological polar surface area (TPSA) is 101 Å². The summed E-state index contributed by atoms with van der Waals surface area (Å²) in [5.41, 5.74) is 0.425. The van der Waals surface area contributed by atoms with Gasteiger partial charge >= 0.3 is 0 Å². The molecule has 0 saturated carbocycles. The molecule has 0 spiro atoms. The SMILES string of the molecule is O=C1c2ccc3c4c(ccc(c24)C(=O)N1c1ncc(Cl)cc1Cl)C(=O)N(c1ncc(Cl)cc1Cl)C3=O. The number of amides is 4. The Kier molecular flexibility index (Phi) is 5.07. The molecule has 8 nitrogen and oxygen atoms in total. The number of carbonyl (C=O) groups excluding carboxylic acids is 4.